The summed E-state index contributed by atoms with van der Waals surface area (Å²) in [5.74, 6) is 0.889. The molecule has 1 atom stereocenters. The maximum atomic E-state index is 12.8. The molecule has 1 aliphatic heterocycles. The van der Waals surface area contributed by atoms with E-state index in [4.69, 9.17) is 9.26 Å². The van der Waals surface area contributed by atoms with Crippen LogP contribution in [0.4, 0.5) is 0 Å². The number of thiophene rings is 1. The fraction of sp³-hybridized carbons (Fsp3) is 0.357. The second kappa shape index (κ2) is 5.22. The van der Waals surface area contributed by atoms with Crippen molar-refractivity contribution in [2.75, 3.05) is 19.8 Å². The monoisotopic (exact) mass is 318 g/mol. The summed E-state index contributed by atoms with van der Waals surface area (Å²) in [7, 11) is 0. The van der Waals surface area contributed by atoms with Gasteiger partial charge in [0.25, 0.3) is 11.8 Å². The van der Waals surface area contributed by atoms with Crippen LogP contribution in [0.25, 0.3) is 10.2 Å². The van der Waals surface area contributed by atoms with Crippen LogP contribution in [-0.4, -0.2) is 45.7 Å². The molecule has 1 amide bonds. The van der Waals surface area contributed by atoms with Crippen LogP contribution in [0.2, 0.25) is 0 Å². The first-order valence-electron chi connectivity index (χ1n) is 6.97. The number of amides is 1. The Balaban J connectivity index is 1.65. The van der Waals surface area contributed by atoms with Gasteiger partial charge in [-0.15, -0.1) is 11.3 Å². The molecule has 0 spiro atoms. The van der Waals surface area contributed by atoms with E-state index in [0.717, 1.165) is 10.2 Å². The Morgan fingerprint density at radius 1 is 1.55 bits per heavy atom. The van der Waals surface area contributed by atoms with Crippen LogP contribution in [0.3, 0.4) is 0 Å². The number of rotatable bonds is 2. The van der Waals surface area contributed by atoms with E-state index in [1.807, 2.05) is 17.5 Å². The highest BCUT2D eigenvalue weighted by Gasteiger charge is 2.33. The first-order valence-corrected chi connectivity index (χ1v) is 7.85. The largest absolute Gasteiger partial charge is 0.377 e. The van der Waals surface area contributed by atoms with Crippen molar-refractivity contribution in [3.8, 4) is 0 Å². The van der Waals surface area contributed by atoms with Gasteiger partial charge < -0.3 is 19.1 Å². The van der Waals surface area contributed by atoms with Crippen molar-refractivity contribution in [1.29, 1.82) is 0 Å². The summed E-state index contributed by atoms with van der Waals surface area (Å²) in [4.78, 5) is 21.9. The van der Waals surface area contributed by atoms with Crippen LogP contribution >= 0.6 is 11.3 Å². The molecule has 7 nitrogen and oxygen atoms in total. The van der Waals surface area contributed by atoms with E-state index >= 15 is 0 Å². The minimum atomic E-state index is -0.344. The van der Waals surface area contributed by atoms with E-state index in [2.05, 4.69) is 15.1 Å². The van der Waals surface area contributed by atoms with Crippen molar-refractivity contribution in [3.63, 3.8) is 0 Å². The third kappa shape index (κ3) is 2.20. The summed E-state index contributed by atoms with van der Waals surface area (Å²) >= 11 is 1.61. The minimum absolute atomic E-state index is 0.0763. The lowest BCUT2D eigenvalue weighted by atomic mass is 10.2. The highest BCUT2D eigenvalue weighted by Crippen LogP contribution is 2.27. The highest BCUT2D eigenvalue weighted by atomic mass is 32.1. The fourth-order valence-electron chi connectivity index (χ4n) is 2.62. The number of carbonyl (C=O) groups excluding carboxylic acids is 1. The predicted octanol–water partition coefficient (Wildman–Crippen LogP) is 2.13. The number of carbonyl (C=O) groups is 1. The summed E-state index contributed by atoms with van der Waals surface area (Å²) in [5.41, 5.74) is 1.55. The molecule has 22 heavy (non-hydrogen) atoms. The molecule has 1 aliphatic rings. The number of aryl methyl sites for hydroxylation is 1. The van der Waals surface area contributed by atoms with Crippen molar-refractivity contribution in [2.45, 2.75) is 13.0 Å². The number of morpholine rings is 1. The summed E-state index contributed by atoms with van der Waals surface area (Å²) < 4.78 is 11.8. The molecule has 1 unspecified atom stereocenters. The SMILES string of the molecule is Cc1noc(C2COCCN2C(=O)c2cc3sccc3[nH]2)n1. The van der Waals surface area contributed by atoms with Gasteiger partial charge in [0.05, 0.1) is 23.4 Å². The quantitative estimate of drug-likeness (QED) is 0.782. The Kier molecular flexibility index (Phi) is 3.20. The molecule has 114 valence electrons. The number of ether oxygens (including phenoxy) is 1. The van der Waals surface area contributed by atoms with Crippen LogP contribution in [0, 0.1) is 6.92 Å². The Hall–Kier alpha value is -2.19. The summed E-state index contributed by atoms with van der Waals surface area (Å²) in [5, 5.41) is 5.79. The van der Waals surface area contributed by atoms with Gasteiger partial charge in [0, 0.05) is 6.54 Å². The lowest BCUT2D eigenvalue weighted by Crippen LogP contribution is -2.43. The number of aromatic nitrogens is 3. The van der Waals surface area contributed by atoms with E-state index in [1.54, 1.807) is 23.2 Å². The molecule has 3 aromatic rings. The third-order valence-corrected chi connectivity index (χ3v) is 4.55. The molecule has 1 N–H and O–H groups in total. The number of hydrogen-bond acceptors (Lipinski definition) is 6. The number of nitrogens with zero attached hydrogens (tertiary/aromatic N) is 3. The average Bonchev–Trinajstić information content (AvgIpc) is 3.21. The van der Waals surface area contributed by atoms with Gasteiger partial charge in [-0.2, -0.15) is 4.98 Å². The number of H-pyrrole nitrogens is 1. The van der Waals surface area contributed by atoms with E-state index in [1.165, 1.54) is 0 Å². The third-order valence-electron chi connectivity index (χ3n) is 3.69. The smallest absolute Gasteiger partial charge is 0.271 e. The molecule has 8 heteroatoms. The number of hydrogen-bond donors (Lipinski definition) is 1. The zero-order chi connectivity index (χ0) is 15.1. The fourth-order valence-corrected chi connectivity index (χ4v) is 3.40. The molecule has 0 saturated carbocycles. The molecule has 4 rings (SSSR count). The predicted molar refractivity (Wildman–Crippen MR) is 79.8 cm³/mol. The molecule has 0 aromatic carbocycles. The normalized spacial score (nSPS) is 19.0. The van der Waals surface area contributed by atoms with Gasteiger partial charge in [-0.25, -0.2) is 0 Å². The van der Waals surface area contributed by atoms with Crippen LogP contribution in [0.1, 0.15) is 28.2 Å². The lowest BCUT2D eigenvalue weighted by molar-refractivity contribution is -0.0121. The Labute approximate surface area is 129 Å². The standard InChI is InChI=1S/C14H14N4O3S/c1-8-15-13(21-17-8)11-7-20-4-3-18(11)14(19)10-6-12-9(16-10)2-5-22-12/h2,5-6,11,16H,3-4,7H2,1H3. The van der Waals surface area contributed by atoms with Crippen LogP contribution in [-0.2, 0) is 4.74 Å². The maximum absolute atomic E-state index is 12.8. The zero-order valence-electron chi connectivity index (χ0n) is 11.9. The zero-order valence-corrected chi connectivity index (χ0v) is 12.7. The van der Waals surface area contributed by atoms with Crippen molar-refractivity contribution in [3.05, 3.63) is 34.9 Å². The van der Waals surface area contributed by atoms with Crippen molar-refractivity contribution < 1.29 is 14.1 Å². The Bertz CT molecular complexity index is 792. The van der Waals surface area contributed by atoms with Gasteiger partial charge in [-0.05, 0) is 24.4 Å². The van der Waals surface area contributed by atoms with E-state index < -0.39 is 0 Å². The molecule has 4 heterocycles. The van der Waals surface area contributed by atoms with E-state index in [0.29, 0.717) is 37.2 Å². The molecule has 1 saturated heterocycles. The topological polar surface area (TPSA) is 84.3 Å². The van der Waals surface area contributed by atoms with Crippen LogP contribution in [0.5, 0.6) is 0 Å². The molecule has 3 aromatic heterocycles. The summed E-state index contributed by atoms with van der Waals surface area (Å²) in [6.45, 7) is 3.12. The van der Waals surface area contributed by atoms with Gasteiger partial charge in [-0.3, -0.25) is 4.79 Å². The van der Waals surface area contributed by atoms with E-state index in [-0.39, 0.29) is 11.9 Å². The van der Waals surface area contributed by atoms with Gasteiger partial charge >= 0.3 is 0 Å². The number of aromatic amines is 1. The van der Waals surface area contributed by atoms with Gasteiger partial charge in [0.15, 0.2) is 5.82 Å². The van der Waals surface area contributed by atoms with Crippen molar-refractivity contribution >= 4 is 27.5 Å². The molecule has 0 aliphatic carbocycles. The van der Waals surface area contributed by atoms with Gasteiger partial charge in [0.1, 0.15) is 11.7 Å². The summed E-state index contributed by atoms with van der Waals surface area (Å²) in [6, 6.07) is 3.51. The van der Waals surface area contributed by atoms with Crippen molar-refractivity contribution in [1.82, 2.24) is 20.0 Å². The molecule has 0 bridgehead atoms. The Morgan fingerprint density at radius 2 is 2.45 bits per heavy atom. The second-order valence-electron chi connectivity index (χ2n) is 5.15. The van der Waals surface area contributed by atoms with Crippen LogP contribution < -0.4 is 0 Å². The highest BCUT2D eigenvalue weighted by molar-refractivity contribution is 7.17. The molecule has 0 radical (unpaired) electrons. The first-order chi connectivity index (χ1) is 10.7. The first kappa shape index (κ1) is 13.5. The average molecular weight is 318 g/mol. The maximum Gasteiger partial charge on any atom is 0.271 e. The van der Waals surface area contributed by atoms with Gasteiger partial charge in [0.2, 0.25) is 0 Å². The molecule has 1 fully saturated rings. The summed E-state index contributed by atoms with van der Waals surface area (Å²) in [6.07, 6.45) is 0. The second-order valence-corrected chi connectivity index (χ2v) is 6.10. The van der Waals surface area contributed by atoms with Crippen LogP contribution in [0.15, 0.2) is 22.0 Å². The Morgan fingerprint density at radius 3 is 3.23 bits per heavy atom. The number of nitrogens with one attached hydrogen (secondary N) is 1. The van der Waals surface area contributed by atoms with Crippen molar-refractivity contribution in [2.24, 2.45) is 0 Å². The molecular formula is C14H14N4O3S. The van der Waals surface area contributed by atoms with Gasteiger partial charge in [-0.1, -0.05) is 5.16 Å². The number of fused-ring (bicyclic) bond motifs is 1. The minimum Gasteiger partial charge on any atom is -0.377 e. The van der Waals surface area contributed by atoms with E-state index in [9.17, 15) is 4.79 Å². The molecular weight excluding hydrogens is 304 g/mol. The lowest BCUT2D eigenvalue weighted by Gasteiger charge is -2.32.